The zero-order valence-electron chi connectivity index (χ0n) is 13.9. The van der Waals surface area contributed by atoms with Crippen LogP contribution in [-0.4, -0.2) is 41.5 Å². The van der Waals surface area contributed by atoms with Crippen molar-refractivity contribution in [1.29, 1.82) is 0 Å². The molecule has 1 saturated carbocycles. The summed E-state index contributed by atoms with van der Waals surface area (Å²) in [6.45, 7) is 4.73. The van der Waals surface area contributed by atoms with Gasteiger partial charge in [-0.15, -0.1) is 0 Å². The Hall–Kier alpha value is -1.62. The standard InChI is InChI=1S/C18H27N3O2/c1-13-9-16(22)10-17(20-13)18(23)19-11-14-7-8-21(12-14)15-5-3-2-4-6-15/h9-10,14-15H,2-8,11-12H2,1H3,(H,19,23)(H,20,22)/t14-/m1/s1. The second-order valence-corrected chi connectivity index (χ2v) is 7.06. The maximum Gasteiger partial charge on any atom is 0.267 e. The lowest BCUT2D eigenvalue weighted by atomic mass is 9.94. The van der Waals surface area contributed by atoms with E-state index < -0.39 is 0 Å². The highest BCUT2D eigenvalue weighted by Gasteiger charge is 2.29. The van der Waals surface area contributed by atoms with Gasteiger partial charge in [0.05, 0.1) is 0 Å². The number of carbonyl (C=O) groups is 1. The molecule has 23 heavy (non-hydrogen) atoms. The lowest BCUT2D eigenvalue weighted by Gasteiger charge is -2.31. The minimum absolute atomic E-state index is 0.129. The molecule has 0 radical (unpaired) electrons. The minimum atomic E-state index is -0.179. The Morgan fingerprint density at radius 3 is 2.78 bits per heavy atom. The van der Waals surface area contributed by atoms with E-state index in [-0.39, 0.29) is 11.3 Å². The summed E-state index contributed by atoms with van der Waals surface area (Å²) < 4.78 is 0. The molecular weight excluding hydrogens is 290 g/mol. The van der Waals surface area contributed by atoms with Gasteiger partial charge in [-0.2, -0.15) is 0 Å². The van der Waals surface area contributed by atoms with Crippen LogP contribution >= 0.6 is 0 Å². The quantitative estimate of drug-likeness (QED) is 0.893. The molecule has 2 heterocycles. The van der Waals surface area contributed by atoms with Gasteiger partial charge in [0.25, 0.3) is 5.91 Å². The molecule has 126 valence electrons. The van der Waals surface area contributed by atoms with E-state index in [9.17, 15) is 9.59 Å². The first-order valence-electron chi connectivity index (χ1n) is 8.85. The van der Waals surface area contributed by atoms with Crippen molar-refractivity contribution in [3.8, 4) is 0 Å². The van der Waals surface area contributed by atoms with Gasteiger partial charge < -0.3 is 15.2 Å². The number of aryl methyl sites for hydroxylation is 1. The van der Waals surface area contributed by atoms with Crippen molar-refractivity contribution in [2.45, 2.75) is 51.5 Å². The third-order valence-electron chi connectivity index (χ3n) is 5.18. The van der Waals surface area contributed by atoms with Crippen molar-refractivity contribution in [3.63, 3.8) is 0 Å². The predicted molar refractivity (Wildman–Crippen MR) is 90.7 cm³/mol. The van der Waals surface area contributed by atoms with Gasteiger partial charge in [0.2, 0.25) is 0 Å². The summed E-state index contributed by atoms with van der Waals surface area (Å²) in [4.78, 5) is 29.3. The number of aromatic nitrogens is 1. The van der Waals surface area contributed by atoms with Crippen molar-refractivity contribution >= 4 is 5.91 Å². The molecule has 1 aromatic rings. The third kappa shape index (κ3) is 4.22. The largest absolute Gasteiger partial charge is 0.354 e. The predicted octanol–water partition coefficient (Wildman–Crippen LogP) is 2.07. The Balaban J connectivity index is 1.49. The first-order valence-corrected chi connectivity index (χ1v) is 8.85. The van der Waals surface area contributed by atoms with Crippen LogP contribution in [0.25, 0.3) is 0 Å². The molecule has 0 aromatic carbocycles. The number of hydrogen-bond acceptors (Lipinski definition) is 3. The lowest BCUT2D eigenvalue weighted by Crippen LogP contribution is -2.36. The van der Waals surface area contributed by atoms with Gasteiger partial charge in [0.1, 0.15) is 5.69 Å². The van der Waals surface area contributed by atoms with Crippen molar-refractivity contribution in [2.24, 2.45) is 5.92 Å². The van der Waals surface area contributed by atoms with E-state index in [1.54, 1.807) is 6.92 Å². The normalized spacial score (nSPS) is 23.1. The van der Waals surface area contributed by atoms with Crippen molar-refractivity contribution in [2.75, 3.05) is 19.6 Å². The van der Waals surface area contributed by atoms with E-state index in [0.717, 1.165) is 25.6 Å². The summed E-state index contributed by atoms with van der Waals surface area (Å²) in [5.74, 6) is 0.347. The van der Waals surface area contributed by atoms with Crippen molar-refractivity contribution in [1.82, 2.24) is 15.2 Å². The number of carbonyl (C=O) groups excluding carboxylic acids is 1. The fraction of sp³-hybridized carbons (Fsp3) is 0.667. The van der Waals surface area contributed by atoms with Gasteiger partial charge in [-0.25, -0.2) is 0 Å². The van der Waals surface area contributed by atoms with Crippen LogP contribution in [0.15, 0.2) is 16.9 Å². The number of nitrogens with one attached hydrogen (secondary N) is 2. The van der Waals surface area contributed by atoms with Crippen LogP contribution in [0.1, 0.15) is 54.7 Å². The SMILES string of the molecule is Cc1cc(=O)cc(C(=O)NC[C@H]2CCN(C3CCCCC3)C2)[nH]1. The highest BCUT2D eigenvalue weighted by atomic mass is 16.2. The summed E-state index contributed by atoms with van der Waals surface area (Å²) in [7, 11) is 0. The molecule has 1 atom stereocenters. The van der Waals surface area contributed by atoms with E-state index in [0.29, 0.717) is 23.9 Å². The Bertz CT molecular complexity index is 605. The molecule has 2 fully saturated rings. The highest BCUT2D eigenvalue weighted by Crippen LogP contribution is 2.27. The van der Waals surface area contributed by atoms with Crippen LogP contribution in [0.2, 0.25) is 0 Å². The number of pyridine rings is 1. The number of rotatable bonds is 4. The van der Waals surface area contributed by atoms with Crippen LogP contribution < -0.4 is 10.7 Å². The maximum atomic E-state index is 12.2. The monoisotopic (exact) mass is 317 g/mol. The molecule has 1 aliphatic heterocycles. The van der Waals surface area contributed by atoms with Crippen LogP contribution in [0, 0.1) is 12.8 Å². The number of amides is 1. The molecule has 5 nitrogen and oxygen atoms in total. The van der Waals surface area contributed by atoms with E-state index in [1.165, 1.54) is 44.2 Å². The zero-order chi connectivity index (χ0) is 16.2. The van der Waals surface area contributed by atoms with Gasteiger partial charge in [-0.05, 0) is 38.6 Å². The summed E-state index contributed by atoms with van der Waals surface area (Å²) in [5, 5.41) is 2.98. The second kappa shape index (κ2) is 7.30. The first kappa shape index (κ1) is 16.2. The number of likely N-dealkylation sites (tertiary alicyclic amines) is 1. The third-order valence-corrected chi connectivity index (χ3v) is 5.18. The number of hydrogen-bond donors (Lipinski definition) is 2. The topological polar surface area (TPSA) is 65.2 Å². The summed E-state index contributed by atoms with van der Waals surface area (Å²) in [6, 6.07) is 3.62. The van der Waals surface area contributed by atoms with E-state index in [1.807, 2.05) is 0 Å². The van der Waals surface area contributed by atoms with Crippen molar-refractivity contribution < 1.29 is 4.79 Å². The minimum Gasteiger partial charge on any atom is -0.354 e. The lowest BCUT2D eigenvalue weighted by molar-refractivity contribution is 0.0941. The fourth-order valence-electron chi connectivity index (χ4n) is 3.94. The van der Waals surface area contributed by atoms with E-state index >= 15 is 0 Å². The molecule has 0 spiro atoms. The van der Waals surface area contributed by atoms with Crippen LogP contribution in [0.3, 0.4) is 0 Å². The van der Waals surface area contributed by atoms with Gasteiger partial charge in [0.15, 0.2) is 5.43 Å². The molecule has 3 rings (SSSR count). The number of nitrogens with zero attached hydrogens (tertiary/aromatic N) is 1. The molecule has 5 heteroatoms. The van der Waals surface area contributed by atoms with E-state index in [4.69, 9.17) is 0 Å². The molecule has 0 bridgehead atoms. The Morgan fingerprint density at radius 2 is 2.04 bits per heavy atom. The van der Waals surface area contributed by atoms with Gasteiger partial charge in [-0.3, -0.25) is 9.59 Å². The van der Waals surface area contributed by atoms with Gasteiger partial charge >= 0.3 is 0 Å². The Kier molecular flexibility index (Phi) is 5.16. The summed E-state index contributed by atoms with van der Waals surface area (Å²) >= 11 is 0. The van der Waals surface area contributed by atoms with Crippen LogP contribution in [-0.2, 0) is 0 Å². The smallest absolute Gasteiger partial charge is 0.267 e. The highest BCUT2D eigenvalue weighted by molar-refractivity contribution is 5.92. The Labute approximate surface area is 137 Å². The Morgan fingerprint density at radius 1 is 1.26 bits per heavy atom. The zero-order valence-corrected chi connectivity index (χ0v) is 13.9. The maximum absolute atomic E-state index is 12.2. The van der Waals surface area contributed by atoms with Crippen LogP contribution in [0.5, 0.6) is 0 Å². The first-order chi connectivity index (χ1) is 11.1. The summed E-state index contributed by atoms with van der Waals surface area (Å²) in [5.41, 5.74) is 0.944. The second-order valence-electron chi connectivity index (χ2n) is 7.06. The number of aromatic amines is 1. The molecule has 2 aliphatic rings. The molecule has 1 aliphatic carbocycles. The van der Waals surface area contributed by atoms with Crippen LogP contribution in [0.4, 0.5) is 0 Å². The van der Waals surface area contributed by atoms with E-state index in [2.05, 4.69) is 15.2 Å². The van der Waals surface area contributed by atoms with Gasteiger partial charge in [-0.1, -0.05) is 19.3 Å². The average Bonchev–Trinajstić information content (AvgIpc) is 3.01. The number of H-pyrrole nitrogens is 1. The summed E-state index contributed by atoms with van der Waals surface area (Å²) in [6.07, 6.45) is 7.94. The molecule has 0 unspecified atom stereocenters. The molecule has 1 aromatic heterocycles. The molecule has 1 saturated heterocycles. The van der Waals surface area contributed by atoms with Gasteiger partial charge in [0, 0.05) is 37.0 Å². The molecule has 2 N–H and O–H groups in total. The fourth-order valence-corrected chi connectivity index (χ4v) is 3.94. The average molecular weight is 317 g/mol. The molecule has 1 amide bonds. The molecular formula is C18H27N3O2. The van der Waals surface area contributed by atoms with Crippen molar-refractivity contribution in [3.05, 3.63) is 33.7 Å².